The molecule has 1 aliphatic heterocycles. The highest BCUT2D eigenvalue weighted by molar-refractivity contribution is 6.11. The Labute approximate surface area is 154 Å². The molecule has 1 heterocycles. The highest BCUT2D eigenvalue weighted by atomic mass is 19.3. The molecule has 1 saturated heterocycles. The number of para-hydroxylation sites is 1. The van der Waals surface area contributed by atoms with Crippen LogP contribution in [0.15, 0.2) is 24.3 Å². The molecule has 2 atom stereocenters. The molecular formula is C18H21F2N3O4. The van der Waals surface area contributed by atoms with Crippen molar-refractivity contribution in [3.63, 3.8) is 0 Å². The van der Waals surface area contributed by atoms with Gasteiger partial charge in [0.1, 0.15) is 11.3 Å². The van der Waals surface area contributed by atoms with Crippen molar-refractivity contribution >= 4 is 17.7 Å². The van der Waals surface area contributed by atoms with Crippen LogP contribution in [-0.4, -0.2) is 47.9 Å². The number of hydrogen-bond acceptors (Lipinski definition) is 5. The van der Waals surface area contributed by atoms with Crippen LogP contribution in [0.3, 0.4) is 0 Å². The Morgan fingerprint density at radius 2 is 2.07 bits per heavy atom. The summed E-state index contributed by atoms with van der Waals surface area (Å²) < 4.78 is 29.4. The van der Waals surface area contributed by atoms with Gasteiger partial charge in [0, 0.05) is 5.92 Å². The summed E-state index contributed by atoms with van der Waals surface area (Å²) in [6, 6.07) is 4.83. The highest BCUT2D eigenvalue weighted by Crippen LogP contribution is 2.38. The van der Waals surface area contributed by atoms with E-state index < -0.39 is 36.4 Å². The predicted molar refractivity (Wildman–Crippen MR) is 91.4 cm³/mol. The van der Waals surface area contributed by atoms with Crippen LogP contribution >= 0.6 is 0 Å². The molecular weight excluding hydrogens is 360 g/mol. The number of Topliss-reactive ketones (excluding diaryl/α,β-unsaturated/α-hetero) is 1. The average molecular weight is 381 g/mol. The minimum absolute atomic E-state index is 0.113. The molecule has 3 rings (SSSR count). The molecule has 1 saturated carbocycles. The van der Waals surface area contributed by atoms with E-state index in [-0.39, 0.29) is 23.8 Å². The van der Waals surface area contributed by atoms with E-state index in [0.29, 0.717) is 6.42 Å². The van der Waals surface area contributed by atoms with Gasteiger partial charge in [0.2, 0.25) is 0 Å². The Bertz CT molecular complexity index is 758. The summed E-state index contributed by atoms with van der Waals surface area (Å²) in [6.45, 7) is -3.39. The fraction of sp³-hybridized carbons (Fsp3) is 0.500. The van der Waals surface area contributed by atoms with Crippen molar-refractivity contribution in [2.45, 2.75) is 37.8 Å². The van der Waals surface area contributed by atoms with Crippen molar-refractivity contribution < 1.29 is 27.9 Å². The summed E-state index contributed by atoms with van der Waals surface area (Å²) in [5, 5.41) is 2.73. The lowest BCUT2D eigenvalue weighted by Crippen LogP contribution is -2.57. The number of alkyl halides is 2. The Morgan fingerprint density at radius 3 is 2.78 bits per heavy atom. The van der Waals surface area contributed by atoms with Crippen molar-refractivity contribution in [1.82, 2.24) is 10.2 Å². The summed E-state index contributed by atoms with van der Waals surface area (Å²) in [7, 11) is 0. The first kappa shape index (κ1) is 19.2. The maximum Gasteiger partial charge on any atom is 0.387 e. The first-order chi connectivity index (χ1) is 12.9. The lowest BCUT2D eigenvalue weighted by atomic mass is 9.72. The predicted octanol–water partition coefficient (Wildman–Crippen LogP) is 1.91. The zero-order chi connectivity index (χ0) is 19.6. The van der Waals surface area contributed by atoms with Crippen LogP contribution < -0.4 is 15.8 Å². The number of carbonyl (C=O) groups is 3. The quantitative estimate of drug-likeness (QED) is 0.579. The molecule has 2 aliphatic rings. The Balaban J connectivity index is 1.81. The Hall–Kier alpha value is -2.55. The van der Waals surface area contributed by atoms with Gasteiger partial charge in [0.15, 0.2) is 5.78 Å². The summed E-state index contributed by atoms with van der Waals surface area (Å²) in [5.41, 5.74) is 4.60. The standard InChI is InChI=1S/C18H21F2N3O4/c19-16(20)27-14-7-2-1-6-12(14)13(24)10-23-15(25)18(22-17(23)26)8-4-3-5-11(18)9-21/h1-2,6-7,11,16H,3-5,8-10,21H2,(H,22,26). The number of ether oxygens (including phenoxy) is 1. The number of ketones is 1. The summed E-state index contributed by atoms with van der Waals surface area (Å²) in [6.07, 6.45) is 2.88. The number of amides is 3. The molecule has 27 heavy (non-hydrogen) atoms. The lowest BCUT2D eigenvalue weighted by Gasteiger charge is -2.38. The van der Waals surface area contributed by atoms with E-state index in [1.165, 1.54) is 24.3 Å². The number of urea groups is 1. The summed E-state index contributed by atoms with van der Waals surface area (Å²) in [5.74, 6) is -1.64. The molecule has 0 radical (unpaired) electrons. The number of benzene rings is 1. The van der Waals surface area contributed by atoms with E-state index in [1.54, 1.807) is 0 Å². The largest absolute Gasteiger partial charge is 0.434 e. The van der Waals surface area contributed by atoms with Crippen LogP contribution in [0.1, 0.15) is 36.0 Å². The number of halogens is 2. The highest BCUT2D eigenvalue weighted by Gasteiger charge is 2.56. The molecule has 7 nitrogen and oxygen atoms in total. The van der Waals surface area contributed by atoms with Gasteiger partial charge in [-0.25, -0.2) is 4.79 Å². The Kier molecular flexibility index (Phi) is 5.41. The molecule has 3 amide bonds. The van der Waals surface area contributed by atoms with Crippen LogP contribution in [0, 0.1) is 5.92 Å². The normalized spacial score (nSPS) is 25.2. The van der Waals surface area contributed by atoms with Crippen molar-refractivity contribution in [1.29, 1.82) is 0 Å². The third-order valence-corrected chi connectivity index (χ3v) is 5.26. The van der Waals surface area contributed by atoms with Crippen molar-refractivity contribution in [3.05, 3.63) is 29.8 Å². The average Bonchev–Trinajstić information content (AvgIpc) is 2.86. The van der Waals surface area contributed by atoms with Gasteiger partial charge in [-0.05, 0) is 31.5 Å². The number of nitrogens with zero attached hydrogens (tertiary/aromatic N) is 1. The summed E-state index contributed by atoms with van der Waals surface area (Å²) in [4.78, 5) is 38.8. The maximum absolute atomic E-state index is 13.0. The van der Waals surface area contributed by atoms with Crippen molar-refractivity contribution in [2.75, 3.05) is 13.1 Å². The first-order valence-electron chi connectivity index (χ1n) is 8.80. The number of nitrogens with two attached hydrogens (primary N) is 1. The number of rotatable bonds is 6. The van der Waals surface area contributed by atoms with E-state index in [2.05, 4.69) is 10.1 Å². The zero-order valence-corrected chi connectivity index (χ0v) is 14.6. The second kappa shape index (κ2) is 7.59. The van der Waals surface area contributed by atoms with Crippen molar-refractivity contribution in [2.24, 2.45) is 11.7 Å². The number of carbonyl (C=O) groups excluding carboxylic acids is 3. The van der Waals surface area contributed by atoms with Crippen LogP contribution in [0.25, 0.3) is 0 Å². The van der Waals surface area contributed by atoms with Gasteiger partial charge in [0.25, 0.3) is 5.91 Å². The monoisotopic (exact) mass is 381 g/mol. The fourth-order valence-electron chi connectivity index (χ4n) is 3.92. The second-order valence-corrected chi connectivity index (χ2v) is 6.77. The fourth-order valence-corrected chi connectivity index (χ4v) is 3.92. The summed E-state index contributed by atoms with van der Waals surface area (Å²) >= 11 is 0. The zero-order valence-electron chi connectivity index (χ0n) is 14.6. The first-order valence-corrected chi connectivity index (χ1v) is 8.80. The van der Waals surface area contributed by atoms with E-state index in [0.717, 1.165) is 24.2 Å². The molecule has 3 N–H and O–H groups in total. The molecule has 2 unspecified atom stereocenters. The SMILES string of the molecule is NCC1CCCCC12NC(=O)N(CC(=O)c1ccccc1OC(F)F)C2=O. The van der Waals surface area contributed by atoms with E-state index >= 15 is 0 Å². The molecule has 1 aromatic rings. The van der Waals surface area contributed by atoms with Crippen molar-refractivity contribution in [3.8, 4) is 5.75 Å². The van der Waals surface area contributed by atoms with E-state index in [4.69, 9.17) is 5.73 Å². The van der Waals surface area contributed by atoms with Crippen LogP contribution in [0.5, 0.6) is 5.75 Å². The molecule has 146 valence electrons. The molecule has 2 fully saturated rings. The van der Waals surface area contributed by atoms with Gasteiger partial charge in [0.05, 0.1) is 12.1 Å². The molecule has 0 bridgehead atoms. The third kappa shape index (κ3) is 3.51. The minimum Gasteiger partial charge on any atom is -0.434 e. The molecule has 1 spiro atoms. The lowest BCUT2D eigenvalue weighted by molar-refractivity contribution is -0.134. The number of nitrogens with one attached hydrogen (secondary N) is 1. The molecule has 1 aromatic carbocycles. The number of imide groups is 1. The topological polar surface area (TPSA) is 102 Å². The van der Waals surface area contributed by atoms with Crippen LogP contribution in [-0.2, 0) is 4.79 Å². The maximum atomic E-state index is 13.0. The molecule has 9 heteroatoms. The van der Waals surface area contributed by atoms with Crippen LogP contribution in [0.4, 0.5) is 13.6 Å². The van der Waals surface area contributed by atoms with Gasteiger partial charge in [-0.15, -0.1) is 0 Å². The van der Waals surface area contributed by atoms with Crippen LogP contribution in [0.2, 0.25) is 0 Å². The molecule has 0 aromatic heterocycles. The van der Waals surface area contributed by atoms with Gasteiger partial charge in [-0.3, -0.25) is 14.5 Å². The van der Waals surface area contributed by atoms with E-state index in [1.807, 2.05) is 0 Å². The second-order valence-electron chi connectivity index (χ2n) is 6.77. The van der Waals surface area contributed by atoms with E-state index in [9.17, 15) is 23.2 Å². The Morgan fingerprint density at radius 1 is 1.33 bits per heavy atom. The van der Waals surface area contributed by atoms with Gasteiger partial charge < -0.3 is 15.8 Å². The number of hydrogen-bond donors (Lipinski definition) is 2. The van der Waals surface area contributed by atoms with Gasteiger partial charge in [-0.1, -0.05) is 25.0 Å². The third-order valence-electron chi connectivity index (χ3n) is 5.26. The minimum atomic E-state index is -3.09. The van der Waals surface area contributed by atoms with Gasteiger partial charge >= 0.3 is 12.6 Å². The molecule has 1 aliphatic carbocycles. The van der Waals surface area contributed by atoms with Gasteiger partial charge in [-0.2, -0.15) is 8.78 Å². The smallest absolute Gasteiger partial charge is 0.387 e.